The Morgan fingerprint density at radius 1 is 1.14 bits per heavy atom. The third-order valence-electron chi connectivity index (χ3n) is 4.69. The van der Waals surface area contributed by atoms with Gasteiger partial charge in [0.1, 0.15) is 11.6 Å². The fourth-order valence-corrected chi connectivity index (χ4v) is 3.17. The van der Waals surface area contributed by atoms with Crippen molar-refractivity contribution in [2.75, 3.05) is 7.05 Å². The highest BCUT2D eigenvalue weighted by molar-refractivity contribution is 6.30. The molecule has 1 aromatic heterocycles. The molecule has 146 valence electrons. The molecule has 2 aromatic carbocycles. The molecule has 4 nitrogen and oxygen atoms in total. The van der Waals surface area contributed by atoms with Crippen molar-refractivity contribution in [2.24, 2.45) is 0 Å². The molecular weight excluding hydrogens is 384 g/mol. The summed E-state index contributed by atoms with van der Waals surface area (Å²) in [5.41, 5.74) is 3.55. The smallest absolute Gasteiger partial charge is 0.227 e. The van der Waals surface area contributed by atoms with Crippen molar-refractivity contribution in [2.45, 2.75) is 26.8 Å². The van der Waals surface area contributed by atoms with Gasteiger partial charge in [0.25, 0.3) is 0 Å². The van der Waals surface area contributed by atoms with Crippen LogP contribution >= 0.6 is 11.6 Å². The van der Waals surface area contributed by atoms with Crippen LogP contribution in [0.3, 0.4) is 0 Å². The van der Waals surface area contributed by atoms with E-state index >= 15 is 0 Å². The lowest BCUT2D eigenvalue weighted by Gasteiger charge is -2.18. The molecule has 0 N–H and O–H groups in total. The van der Waals surface area contributed by atoms with E-state index in [9.17, 15) is 13.6 Å². The van der Waals surface area contributed by atoms with E-state index in [2.05, 4.69) is 5.10 Å². The maximum atomic E-state index is 13.8. The quantitative estimate of drug-likeness (QED) is 0.623. The van der Waals surface area contributed by atoms with E-state index in [-0.39, 0.29) is 24.4 Å². The molecule has 28 heavy (non-hydrogen) atoms. The van der Waals surface area contributed by atoms with Gasteiger partial charge in [-0.15, -0.1) is 0 Å². The minimum atomic E-state index is -0.664. The highest BCUT2D eigenvalue weighted by Crippen LogP contribution is 2.21. The van der Waals surface area contributed by atoms with E-state index in [0.717, 1.165) is 28.7 Å². The molecule has 1 heterocycles. The van der Waals surface area contributed by atoms with E-state index in [1.807, 2.05) is 26.0 Å². The predicted molar refractivity (Wildman–Crippen MR) is 105 cm³/mol. The summed E-state index contributed by atoms with van der Waals surface area (Å²) in [6, 6.07) is 10.6. The molecule has 7 heteroatoms. The number of benzene rings is 2. The first-order valence-electron chi connectivity index (χ1n) is 8.75. The molecule has 0 bridgehead atoms. The van der Waals surface area contributed by atoms with Gasteiger partial charge in [0.15, 0.2) is 0 Å². The molecule has 0 aliphatic rings. The van der Waals surface area contributed by atoms with Crippen molar-refractivity contribution in [3.05, 3.63) is 81.6 Å². The number of nitrogens with zero attached hydrogens (tertiary/aromatic N) is 3. The van der Waals surface area contributed by atoms with E-state index in [0.29, 0.717) is 5.02 Å². The molecule has 0 saturated carbocycles. The summed E-state index contributed by atoms with van der Waals surface area (Å²) in [5, 5.41) is 5.17. The second kappa shape index (κ2) is 8.10. The second-order valence-electron chi connectivity index (χ2n) is 6.70. The first-order valence-corrected chi connectivity index (χ1v) is 9.13. The van der Waals surface area contributed by atoms with Crippen LogP contribution in [0.5, 0.6) is 0 Å². The summed E-state index contributed by atoms with van der Waals surface area (Å²) in [6.45, 7) is 3.81. The Morgan fingerprint density at radius 3 is 2.46 bits per heavy atom. The average molecular weight is 404 g/mol. The minimum absolute atomic E-state index is 0.0639. The van der Waals surface area contributed by atoms with E-state index in [1.54, 1.807) is 23.9 Å². The molecule has 0 radical (unpaired) electrons. The van der Waals surface area contributed by atoms with Gasteiger partial charge in [0.05, 0.1) is 17.8 Å². The number of hydrogen-bond donors (Lipinski definition) is 0. The third kappa shape index (κ3) is 4.22. The Kier molecular flexibility index (Phi) is 5.79. The largest absolute Gasteiger partial charge is 0.341 e. The molecule has 1 amide bonds. The highest BCUT2D eigenvalue weighted by atomic mass is 35.5. The van der Waals surface area contributed by atoms with Crippen molar-refractivity contribution in [3.63, 3.8) is 0 Å². The topological polar surface area (TPSA) is 38.1 Å². The van der Waals surface area contributed by atoms with Gasteiger partial charge in [-0.05, 0) is 44.2 Å². The monoisotopic (exact) mass is 403 g/mol. The molecule has 0 atom stereocenters. The number of carbonyl (C=O) groups excluding carboxylic acids is 1. The van der Waals surface area contributed by atoms with Crippen LogP contribution in [-0.2, 0) is 17.8 Å². The summed E-state index contributed by atoms with van der Waals surface area (Å²) in [7, 11) is 1.60. The maximum Gasteiger partial charge on any atom is 0.227 e. The van der Waals surface area contributed by atoms with Crippen molar-refractivity contribution in [3.8, 4) is 5.69 Å². The first-order chi connectivity index (χ1) is 13.3. The van der Waals surface area contributed by atoms with Gasteiger partial charge in [0.2, 0.25) is 5.91 Å². The SMILES string of the molecule is Cc1nn(-c2ccc(Cl)cc2)c(C)c1CC(=O)N(C)Cc1ccc(F)cc1F. The van der Waals surface area contributed by atoms with Crippen LogP contribution in [0.2, 0.25) is 5.02 Å². The zero-order valence-electron chi connectivity index (χ0n) is 15.8. The van der Waals surface area contributed by atoms with E-state index < -0.39 is 11.6 Å². The molecule has 0 fully saturated rings. The first kappa shape index (κ1) is 20.0. The number of amides is 1. The number of halogens is 3. The summed E-state index contributed by atoms with van der Waals surface area (Å²) >= 11 is 5.94. The molecule has 0 aliphatic carbocycles. The van der Waals surface area contributed by atoms with Crippen LogP contribution in [0.4, 0.5) is 8.78 Å². The molecule has 0 saturated heterocycles. The van der Waals surface area contributed by atoms with Gasteiger partial charge >= 0.3 is 0 Å². The van der Waals surface area contributed by atoms with Gasteiger partial charge in [-0.3, -0.25) is 4.79 Å². The van der Waals surface area contributed by atoms with Crippen LogP contribution < -0.4 is 0 Å². The lowest BCUT2D eigenvalue weighted by Crippen LogP contribution is -2.28. The van der Waals surface area contributed by atoms with Crippen LogP contribution in [0.15, 0.2) is 42.5 Å². The van der Waals surface area contributed by atoms with Crippen molar-refractivity contribution in [1.29, 1.82) is 0 Å². The number of rotatable bonds is 5. The molecular formula is C21H20ClF2N3O. The summed E-state index contributed by atoms with van der Waals surface area (Å²) in [4.78, 5) is 14.1. The number of likely N-dealkylation sites (N-methyl/N-ethyl adjacent to an activating group) is 1. The van der Waals surface area contributed by atoms with Gasteiger partial charge in [-0.1, -0.05) is 17.7 Å². The fraction of sp³-hybridized carbons (Fsp3) is 0.238. The Balaban J connectivity index is 1.77. The van der Waals surface area contributed by atoms with E-state index in [1.165, 1.54) is 17.0 Å². The standard InChI is InChI=1S/C21H20ClF2N3O/c1-13-19(14(2)27(25-13)18-8-5-16(22)6-9-18)11-21(28)26(3)12-15-4-7-17(23)10-20(15)24/h4-10H,11-12H2,1-3H3. The van der Waals surface area contributed by atoms with Gasteiger partial charge in [0, 0.05) is 41.5 Å². The highest BCUT2D eigenvalue weighted by Gasteiger charge is 2.19. The Labute approximate surface area is 167 Å². The zero-order chi connectivity index (χ0) is 20.4. The van der Waals surface area contributed by atoms with Gasteiger partial charge in [-0.25, -0.2) is 13.5 Å². The van der Waals surface area contributed by atoms with Crippen molar-refractivity contribution < 1.29 is 13.6 Å². The zero-order valence-corrected chi connectivity index (χ0v) is 16.6. The molecule has 0 unspecified atom stereocenters. The van der Waals surface area contributed by atoms with Crippen LogP contribution in [-0.4, -0.2) is 27.6 Å². The summed E-state index contributed by atoms with van der Waals surface area (Å²) in [6.07, 6.45) is 0.143. The van der Waals surface area contributed by atoms with Crippen LogP contribution in [0, 0.1) is 25.5 Å². The summed E-state index contributed by atoms with van der Waals surface area (Å²) < 4.78 is 28.7. The fourth-order valence-electron chi connectivity index (χ4n) is 3.04. The number of aryl methyl sites for hydroxylation is 1. The van der Waals surface area contributed by atoms with Crippen molar-refractivity contribution in [1.82, 2.24) is 14.7 Å². The van der Waals surface area contributed by atoms with Gasteiger partial charge < -0.3 is 4.90 Å². The predicted octanol–water partition coefficient (Wildman–Crippen LogP) is 4.62. The number of carbonyl (C=O) groups is 1. The second-order valence-corrected chi connectivity index (χ2v) is 7.14. The molecule has 3 rings (SSSR count). The average Bonchev–Trinajstić information content (AvgIpc) is 2.92. The summed E-state index contributed by atoms with van der Waals surface area (Å²) in [5.74, 6) is -1.48. The van der Waals surface area contributed by atoms with Crippen molar-refractivity contribution >= 4 is 17.5 Å². The minimum Gasteiger partial charge on any atom is -0.341 e. The number of hydrogen-bond acceptors (Lipinski definition) is 2. The van der Waals surface area contributed by atoms with Gasteiger partial charge in [-0.2, -0.15) is 5.10 Å². The Bertz CT molecular complexity index is 1020. The number of aromatic nitrogens is 2. The Hall–Kier alpha value is -2.73. The van der Waals surface area contributed by atoms with Crippen LogP contribution in [0.1, 0.15) is 22.5 Å². The Morgan fingerprint density at radius 2 is 1.82 bits per heavy atom. The van der Waals surface area contributed by atoms with Crippen LogP contribution in [0.25, 0.3) is 5.69 Å². The molecule has 0 aliphatic heterocycles. The van der Waals surface area contributed by atoms with E-state index in [4.69, 9.17) is 11.6 Å². The molecule has 0 spiro atoms. The maximum absolute atomic E-state index is 13.8. The lowest BCUT2D eigenvalue weighted by molar-refractivity contribution is -0.129. The third-order valence-corrected chi connectivity index (χ3v) is 4.94. The molecule has 3 aromatic rings. The lowest BCUT2D eigenvalue weighted by atomic mass is 10.1. The normalized spacial score (nSPS) is 10.9.